The van der Waals surface area contributed by atoms with Gasteiger partial charge in [0.15, 0.2) is 0 Å². The second-order valence-electron chi connectivity index (χ2n) is 9.43. The molecular formula is C28H30F3N5O. The van der Waals surface area contributed by atoms with Crippen molar-refractivity contribution in [1.29, 1.82) is 5.26 Å². The summed E-state index contributed by atoms with van der Waals surface area (Å²) in [4.78, 5) is 8.51. The number of anilines is 2. The molecule has 1 aromatic heterocycles. The van der Waals surface area contributed by atoms with Gasteiger partial charge in [-0.1, -0.05) is 12.1 Å². The molecule has 2 heterocycles. The van der Waals surface area contributed by atoms with Crippen LogP contribution in [0.5, 0.6) is 0 Å². The normalized spacial score (nSPS) is 14.1. The number of nitrogens with zero attached hydrogens (tertiary/aromatic N) is 4. The summed E-state index contributed by atoms with van der Waals surface area (Å²) in [5.74, 6) is 0. The van der Waals surface area contributed by atoms with Gasteiger partial charge in [0.25, 0.3) is 0 Å². The summed E-state index contributed by atoms with van der Waals surface area (Å²) >= 11 is 0. The minimum absolute atomic E-state index is 0.223. The number of hydrogen-bond donors (Lipinski definition) is 1. The number of halogens is 3. The average molecular weight is 510 g/mol. The van der Waals surface area contributed by atoms with E-state index in [1.54, 1.807) is 12.3 Å². The minimum Gasteiger partial charge on any atom is -0.380 e. The molecule has 0 atom stereocenters. The number of nitrogens with one attached hydrogen (secondary N) is 1. The predicted octanol–water partition coefficient (Wildman–Crippen LogP) is 5.46. The maximum absolute atomic E-state index is 13.5. The fourth-order valence-corrected chi connectivity index (χ4v) is 4.47. The third-order valence-electron chi connectivity index (χ3n) is 6.24. The van der Waals surface area contributed by atoms with Crippen LogP contribution >= 0.6 is 0 Å². The van der Waals surface area contributed by atoms with Gasteiger partial charge in [0, 0.05) is 37.4 Å². The molecule has 3 aromatic rings. The molecule has 1 saturated heterocycles. The van der Waals surface area contributed by atoms with Crippen molar-refractivity contribution in [1.82, 2.24) is 9.88 Å². The lowest BCUT2D eigenvalue weighted by atomic mass is 10.00. The number of morpholine rings is 1. The van der Waals surface area contributed by atoms with Crippen LogP contribution in [0.15, 0.2) is 48.7 Å². The summed E-state index contributed by atoms with van der Waals surface area (Å²) in [7, 11) is 3.65. The van der Waals surface area contributed by atoms with Gasteiger partial charge in [-0.3, -0.25) is 4.98 Å². The van der Waals surface area contributed by atoms with Crippen LogP contribution in [0.4, 0.5) is 24.5 Å². The number of pyridine rings is 1. The van der Waals surface area contributed by atoms with Crippen molar-refractivity contribution in [2.45, 2.75) is 26.2 Å². The van der Waals surface area contributed by atoms with E-state index in [2.05, 4.69) is 21.3 Å². The molecule has 0 bridgehead atoms. The standard InChI is InChI=1S/C28H30F3N5O/c1-19-26(22-4-5-23(15-32)27(13-22)36-6-8-37-9-7-36)14-25(17-33-19)34-16-20-10-21(18-35(2)3)12-24(11-20)28(29,30)31/h4-5,10-14,17,34H,6-9,16,18H2,1-3H3. The van der Waals surface area contributed by atoms with E-state index in [1.165, 1.54) is 12.1 Å². The number of rotatable bonds is 7. The van der Waals surface area contributed by atoms with Crippen LogP contribution in [0.25, 0.3) is 11.1 Å². The first-order chi connectivity index (χ1) is 17.6. The molecule has 37 heavy (non-hydrogen) atoms. The Hall–Kier alpha value is -3.61. The number of nitriles is 1. The fourth-order valence-electron chi connectivity index (χ4n) is 4.47. The first-order valence-corrected chi connectivity index (χ1v) is 12.1. The maximum atomic E-state index is 13.5. The van der Waals surface area contributed by atoms with E-state index in [0.29, 0.717) is 55.2 Å². The molecule has 1 N–H and O–H groups in total. The van der Waals surface area contributed by atoms with Crippen molar-refractivity contribution in [2.24, 2.45) is 0 Å². The van der Waals surface area contributed by atoms with Crippen molar-refractivity contribution in [3.05, 3.63) is 76.6 Å². The van der Waals surface area contributed by atoms with E-state index in [1.807, 2.05) is 50.2 Å². The molecule has 4 rings (SSSR count). The Morgan fingerprint density at radius 2 is 1.81 bits per heavy atom. The molecule has 6 nitrogen and oxygen atoms in total. The topological polar surface area (TPSA) is 64.4 Å². The molecule has 2 aromatic carbocycles. The van der Waals surface area contributed by atoms with Crippen LogP contribution in [0.3, 0.4) is 0 Å². The maximum Gasteiger partial charge on any atom is 0.416 e. The van der Waals surface area contributed by atoms with E-state index < -0.39 is 11.7 Å². The zero-order valence-electron chi connectivity index (χ0n) is 21.2. The summed E-state index contributed by atoms with van der Waals surface area (Å²) in [6, 6.07) is 14.1. The van der Waals surface area contributed by atoms with Gasteiger partial charge in [0.1, 0.15) is 6.07 Å². The second-order valence-corrected chi connectivity index (χ2v) is 9.43. The molecule has 9 heteroatoms. The highest BCUT2D eigenvalue weighted by Crippen LogP contribution is 2.33. The molecule has 0 spiro atoms. The molecule has 1 aliphatic heterocycles. The summed E-state index contributed by atoms with van der Waals surface area (Å²) in [6.07, 6.45) is -2.73. The highest BCUT2D eigenvalue weighted by Gasteiger charge is 2.31. The van der Waals surface area contributed by atoms with Crippen molar-refractivity contribution in [3.63, 3.8) is 0 Å². The average Bonchev–Trinajstić information content (AvgIpc) is 2.87. The zero-order valence-corrected chi connectivity index (χ0v) is 21.2. The lowest BCUT2D eigenvalue weighted by molar-refractivity contribution is -0.137. The highest BCUT2D eigenvalue weighted by molar-refractivity contribution is 5.76. The highest BCUT2D eigenvalue weighted by atomic mass is 19.4. The Morgan fingerprint density at radius 1 is 1.08 bits per heavy atom. The van der Waals surface area contributed by atoms with E-state index in [-0.39, 0.29) is 6.54 Å². The van der Waals surface area contributed by atoms with Gasteiger partial charge in [-0.25, -0.2) is 0 Å². The predicted molar refractivity (Wildman–Crippen MR) is 138 cm³/mol. The van der Waals surface area contributed by atoms with Gasteiger partial charge in [-0.05, 0) is 68.0 Å². The van der Waals surface area contributed by atoms with Crippen LogP contribution < -0.4 is 10.2 Å². The van der Waals surface area contributed by atoms with Crippen LogP contribution in [0.2, 0.25) is 0 Å². The third kappa shape index (κ3) is 6.59. The van der Waals surface area contributed by atoms with Crippen LogP contribution in [-0.4, -0.2) is 50.3 Å². The van der Waals surface area contributed by atoms with Gasteiger partial charge < -0.3 is 19.9 Å². The lowest BCUT2D eigenvalue weighted by Crippen LogP contribution is -2.36. The van der Waals surface area contributed by atoms with E-state index in [4.69, 9.17) is 4.74 Å². The van der Waals surface area contributed by atoms with Gasteiger partial charge >= 0.3 is 6.18 Å². The van der Waals surface area contributed by atoms with Gasteiger partial charge in [-0.2, -0.15) is 18.4 Å². The smallest absolute Gasteiger partial charge is 0.380 e. The first kappa shape index (κ1) is 26.5. The van der Waals surface area contributed by atoms with Crippen molar-refractivity contribution in [3.8, 4) is 17.2 Å². The molecular weight excluding hydrogens is 479 g/mol. The van der Waals surface area contributed by atoms with Crippen LogP contribution in [-0.2, 0) is 24.0 Å². The lowest BCUT2D eigenvalue weighted by Gasteiger charge is -2.30. The number of aromatic nitrogens is 1. The van der Waals surface area contributed by atoms with E-state index >= 15 is 0 Å². The van der Waals surface area contributed by atoms with Gasteiger partial charge in [-0.15, -0.1) is 0 Å². The van der Waals surface area contributed by atoms with Crippen molar-refractivity contribution in [2.75, 3.05) is 50.6 Å². The Balaban J connectivity index is 1.60. The zero-order chi connectivity index (χ0) is 26.6. The summed E-state index contributed by atoms with van der Waals surface area (Å²) < 4.78 is 45.9. The third-order valence-corrected chi connectivity index (χ3v) is 6.24. The molecule has 0 saturated carbocycles. The second kappa shape index (κ2) is 11.2. The monoisotopic (exact) mass is 509 g/mol. The number of alkyl halides is 3. The number of benzene rings is 2. The minimum atomic E-state index is -4.41. The van der Waals surface area contributed by atoms with E-state index in [9.17, 15) is 18.4 Å². The Morgan fingerprint density at radius 3 is 2.49 bits per heavy atom. The van der Waals surface area contributed by atoms with Crippen LogP contribution in [0.1, 0.15) is 27.9 Å². The largest absolute Gasteiger partial charge is 0.416 e. The summed E-state index contributed by atoms with van der Waals surface area (Å²) in [5, 5.41) is 12.9. The first-order valence-electron chi connectivity index (χ1n) is 12.1. The van der Waals surface area contributed by atoms with Gasteiger partial charge in [0.2, 0.25) is 0 Å². The van der Waals surface area contributed by atoms with Crippen LogP contribution in [0, 0.1) is 18.3 Å². The Labute approximate surface area is 215 Å². The Kier molecular flexibility index (Phi) is 8.00. The SMILES string of the molecule is Cc1ncc(NCc2cc(CN(C)C)cc(C(F)(F)F)c2)cc1-c1ccc(C#N)c(N2CCOCC2)c1. The van der Waals surface area contributed by atoms with Gasteiger partial charge in [0.05, 0.1) is 41.9 Å². The molecule has 0 amide bonds. The molecule has 0 unspecified atom stereocenters. The fraction of sp³-hybridized carbons (Fsp3) is 0.357. The van der Waals surface area contributed by atoms with Crippen molar-refractivity contribution >= 4 is 11.4 Å². The molecule has 1 fully saturated rings. The Bertz CT molecular complexity index is 1290. The number of aryl methyl sites for hydroxylation is 1. The summed E-state index contributed by atoms with van der Waals surface area (Å²) in [5.41, 5.74) is 5.28. The number of hydrogen-bond acceptors (Lipinski definition) is 6. The molecule has 0 radical (unpaired) electrons. The molecule has 194 valence electrons. The molecule has 1 aliphatic rings. The molecule has 0 aliphatic carbocycles. The quantitative estimate of drug-likeness (QED) is 0.457. The van der Waals surface area contributed by atoms with Crippen molar-refractivity contribution < 1.29 is 17.9 Å². The summed E-state index contributed by atoms with van der Waals surface area (Å²) in [6.45, 7) is 5.19. The van der Waals surface area contributed by atoms with E-state index in [0.717, 1.165) is 22.5 Å². The number of ether oxygens (including phenoxy) is 1.